The lowest BCUT2D eigenvalue weighted by atomic mass is 9.99. The van der Waals surface area contributed by atoms with E-state index in [1.165, 1.54) is 16.8 Å². The molecule has 7 heteroatoms. The van der Waals surface area contributed by atoms with Crippen LogP contribution in [0.25, 0.3) is 0 Å². The number of nitrogens with one attached hydrogen (secondary N) is 1. The molecule has 1 unspecified atom stereocenters. The average Bonchev–Trinajstić information content (AvgIpc) is 2.74. The van der Waals surface area contributed by atoms with Crippen molar-refractivity contribution in [1.29, 1.82) is 0 Å². The van der Waals surface area contributed by atoms with Crippen LogP contribution >= 0.6 is 0 Å². The standard InChI is InChI=1S/C17H30N2O4Si/c1-8-12-11(2)14(23-24(6,7)17(3,4)5)15(22-12)19-10-9-13(20)18-16(19)21/h9-12,14-15H,8H2,1-7H3,(H,18,20,21)/t11?,12-,14+,15-/m1/s1. The van der Waals surface area contributed by atoms with Crippen LogP contribution in [-0.2, 0) is 9.16 Å². The largest absolute Gasteiger partial charge is 0.409 e. The van der Waals surface area contributed by atoms with E-state index in [1.807, 2.05) is 0 Å². The summed E-state index contributed by atoms with van der Waals surface area (Å²) in [5.74, 6) is 0.174. The number of aromatic amines is 1. The summed E-state index contributed by atoms with van der Waals surface area (Å²) in [7, 11) is -2.02. The molecule has 1 aliphatic heterocycles. The zero-order valence-corrected chi connectivity index (χ0v) is 16.8. The van der Waals surface area contributed by atoms with Crippen LogP contribution in [0.15, 0.2) is 21.9 Å². The molecule has 1 aliphatic rings. The van der Waals surface area contributed by atoms with Crippen LogP contribution in [0.5, 0.6) is 0 Å². The molecule has 1 aromatic heterocycles. The van der Waals surface area contributed by atoms with Gasteiger partial charge in [-0.1, -0.05) is 34.6 Å². The van der Waals surface area contributed by atoms with Gasteiger partial charge in [-0.3, -0.25) is 14.3 Å². The molecule has 1 aromatic rings. The fourth-order valence-electron chi connectivity index (χ4n) is 2.85. The van der Waals surface area contributed by atoms with E-state index in [-0.39, 0.29) is 23.2 Å². The fraction of sp³-hybridized carbons (Fsp3) is 0.765. The Kier molecular flexibility index (Phi) is 5.27. The number of nitrogens with zero attached hydrogens (tertiary/aromatic N) is 1. The van der Waals surface area contributed by atoms with E-state index in [0.717, 1.165) is 6.42 Å². The fourth-order valence-corrected chi connectivity index (χ4v) is 4.22. The number of aromatic nitrogens is 2. The van der Waals surface area contributed by atoms with E-state index in [9.17, 15) is 9.59 Å². The van der Waals surface area contributed by atoms with E-state index in [1.54, 1.807) is 0 Å². The second kappa shape index (κ2) is 6.61. The van der Waals surface area contributed by atoms with Crippen molar-refractivity contribution in [2.75, 3.05) is 0 Å². The molecule has 0 bridgehead atoms. The third-order valence-corrected chi connectivity index (χ3v) is 9.94. The normalized spacial score (nSPS) is 28.3. The number of hydrogen-bond acceptors (Lipinski definition) is 4. The highest BCUT2D eigenvalue weighted by molar-refractivity contribution is 6.74. The Morgan fingerprint density at radius 3 is 2.46 bits per heavy atom. The van der Waals surface area contributed by atoms with Gasteiger partial charge in [0.15, 0.2) is 14.5 Å². The highest BCUT2D eigenvalue weighted by Gasteiger charge is 2.48. The summed E-state index contributed by atoms with van der Waals surface area (Å²) in [5, 5.41) is 0.0670. The SMILES string of the molecule is CC[C@H]1O[C@@H](n2ccc(=O)[nH]c2=O)[C@@H](O[Si](C)(C)C(C)(C)C)C1C. The van der Waals surface area contributed by atoms with Crippen LogP contribution < -0.4 is 11.2 Å². The molecule has 2 rings (SSSR count). The van der Waals surface area contributed by atoms with Gasteiger partial charge in [0, 0.05) is 18.2 Å². The van der Waals surface area contributed by atoms with Crippen LogP contribution in [0.3, 0.4) is 0 Å². The Bertz CT molecular complexity index is 689. The molecule has 6 nitrogen and oxygen atoms in total. The Labute approximate surface area is 144 Å². The lowest BCUT2D eigenvalue weighted by Gasteiger charge is -2.40. The molecule has 1 saturated heterocycles. The Balaban J connectivity index is 2.41. The molecule has 1 fully saturated rings. The Morgan fingerprint density at radius 2 is 1.96 bits per heavy atom. The zero-order chi connectivity index (χ0) is 18.3. The average molecular weight is 355 g/mol. The summed E-state index contributed by atoms with van der Waals surface area (Å²) in [6.45, 7) is 15.2. The van der Waals surface area contributed by atoms with Crippen molar-refractivity contribution >= 4 is 8.32 Å². The highest BCUT2D eigenvalue weighted by Crippen LogP contribution is 2.43. The van der Waals surface area contributed by atoms with Crippen LogP contribution in [0.1, 0.15) is 47.3 Å². The first-order valence-electron chi connectivity index (χ1n) is 8.62. The van der Waals surface area contributed by atoms with Crippen LogP contribution in [0, 0.1) is 5.92 Å². The summed E-state index contributed by atoms with van der Waals surface area (Å²) in [4.78, 5) is 25.9. The molecule has 24 heavy (non-hydrogen) atoms. The Hall–Kier alpha value is -1.18. The molecule has 0 amide bonds. The quantitative estimate of drug-likeness (QED) is 0.844. The first-order valence-corrected chi connectivity index (χ1v) is 11.5. The summed E-state index contributed by atoms with van der Waals surface area (Å²) < 4.78 is 14.2. The van der Waals surface area contributed by atoms with E-state index >= 15 is 0 Å². The first-order chi connectivity index (χ1) is 11.0. The van der Waals surface area contributed by atoms with E-state index < -0.39 is 25.8 Å². The van der Waals surface area contributed by atoms with Crippen molar-refractivity contribution in [2.24, 2.45) is 5.92 Å². The third kappa shape index (κ3) is 3.58. The molecule has 4 atom stereocenters. The molecular weight excluding hydrogens is 324 g/mol. The topological polar surface area (TPSA) is 73.3 Å². The van der Waals surface area contributed by atoms with E-state index in [0.29, 0.717) is 0 Å². The number of hydrogen-bond donors (Lipinski definition) is 1. The van der Waals surface area contributed by atoms with Gasteiger partial charge < -0.3 is 9.16 Å². The molecule has 136 valence electrons. The van der Waals surface area contributed by atoms with Gasteiger partial charge >= 0.3 is 5.69 Å². The lowest BCUT2D eigenvalue weighted by molar-refractivity contribution is -0.0371. The first kappa shape index (κ1) is 19.1. The maximum Gasteiger partial charge on any atom is 0.330 e. The van der Waals surface area contributed by atoms with Crippen molar-refractivity contribution in [1.82, 2.24) is 9.55 Å². The second-order valence-corrected chi connectivity index (χ2v) is 12.9. The molecule has 0 aromatic carbocycles. The number of ether oxygens (including phenoxy) is 1. The van der Waals surface area contributed by atoms with Crippen molar-refractivity contribution in [3.8, 4) is 0 Å². The van der Waals surface area contributed by atoms with E-state index in [4.69, 9.17) is 9.16 Å². The minimum atomic E-state index is -2.02. The lowest BCUT2D eigenvalue weighted by Crippen LogP contribution is -2.47. The van der Waals surface area contributed by atoms with Gasteiger partial charge in [0.2, 0.25) is 0 Å². The van der Waals surface area contributed by atoms with Crippen molar-refractivity contribution < 1.29 is 9.16 Å². The molecule has 2 heterocycles. The van der Waals surface area contributed by atoms with Gasteiger partial charge in [0.1, 0.15) is 0 Å². The smallest absolute Gasteiger partial charge is 0.330 e. The summed E-state index contributed by atoms with van der Waals surface area (Å²) in [6.07, 6.45) is 1.66. The van der Waals surface area contributed by atoms with Gasteiger partial charge in [0.25, 0.3) is 5.56 Å². The molecule has 1 N–H and O–H groups in total. The molecule has 0 aliphatic carbocycles. The van der Waals surface area contributed by atoms with E-state index in [2.05, 4.69) is 52.7 Å². The molecule has 0 radical (unpaired) electrons. The predicted molar refractivity (Wildman–Crippen MR) is 96.8 cm³/mol. The van der Waals surface area contributed by atoms with Crippen LogP contribution in [-0.4, -0.2) is 30.1 Å². The highest BCUT2D eigenvalue weighted by atomic mass is 28.4. The minimum absolute atomic E-state index is 0.0311. The summed E-state index contributed by atoms with van der Waals surface area (Å²) >= 11 is 0. The number of H-pyrrole nitrogens is 1. The van der Waals surface area contributed by atoms with Gasteiger partial charge in [-0.15, -0.1) is 0 Å². The third-order valence-electron chi connectivity index (χ3n) is 5.46. The van der Waals surface area contributed by atoms with Gasteiger partial charge in [0.05, 0.1) is 12.2 Å². The Morgan fingerprint density at radius 1 is 1.33 bits per heavy atom. The summed E-state index contributed by atoms with van der Waals surface area (Å²) in [6, 6.07) is 1.35. The van der Waals surface area contributed by atoms with Gasteiger partial charge in [-0.2, -0.15) is 0 Å². The predicted octanol–water partition coefficient (Wildman–Crippen LogP) is 2.87. The maximum absolute atomic E-state index is 12.2. The van der Waals surface area contributed by atoms with Crippen molar-refractivity contribution in [3.63, 3.8) is 0 Å². The maximum atomic E-state index is 12.2. The van der Waals surface area contributed by atoms with Crippen molar-refractivity contribution in [3.05, 3.63) is 33.1 Å². The monoisotopic (exact) mass is 354 g/mol. The number of rotatable bonds is 4. The minimum Gasteiger partial charge on any atom is -0.409 e. The van der Waals surface area contributed by atoms with Gasteiger partial charge in [-0.25, -0.2) is 4.79 Å². The molecular formula is C17H30N2O4Si. The van der Waals surface area contributed by atoms with Crippen LogP contribution in [0.4, 0.5) is 0 Å². The summed E-state index contributed by atoms with van der Waals surface area (Å²) in [5.41, 5.74) is -0.864. The second-order valence-electron chi connectivity index (χ2n) is 8.19. The van der Waals surface area contributed by atoms with Crippen LogP contribution in [0.2, 0.25) is 18.1 Å². The molecule has 0 spiro atoms. The van der Waals surface area contributed by atoms with Crippen molar-refractivity contribution in [2.45, 2.75) is 77.6 Å². The van der Waals surface area contributed by atoms with Gasteiger partial charge in [-0.05, 0) is 24.6 Å². The molecule has 0 saturated carbocycles. The zero-order valence-electron chi connectivity index (χ0n) is 15.8.